The zero-order valence-corrected chi connectivity index (χ0v) is 22.5. The normalized spacial score (nSPS) is 17.1. The summed E-state index contributed by atoms with van der Waals surface area (Å²) in [5.74, 6) is 1.13. The van der Waals surface area contributed by atoms with Crippen LogP contribution in [0.2, 0.25) is 0 Å². The zero-order chi connectivity index (χ0) is 26.5. The highest BCUT2D eigenvalue weighted by molar-refractivity contribution is 6.06. The van der Waals surface area contributed by atoms with Crippen LogP contribution in [0.4, 0.5) is 11.5 Å². The fourth-order valence-electron chi connectivity index (χ4n) is 6.28. The number of amides is 1. The summed E-state index contributed by atoms with van der Waals surface area (Å²) in [6, 6.07) is 8.29. The second-order valence-corrected chi connectivity index (χ2v) is 11.1. The number of aryl methyl sites for hydroxylation is 2. The zero-order valence-electron chi connectivity index (χ0n) is 22.5. The van der Waals surface area contributed by atoms with Gasteiger partial charge in [0.15, 0.2) is 5.65 Å². The maximum atomic E-state index is 13.1. The number of carbonyl (C=O) groups is 1. The Morgan fingerprint density at radius 3 is 2.82 bits per heavy atom. The van der Waals surface area contributed by atoms with E-state index in [0.717, 1.165) is 97.1 Å². The van der Waals surface area contributed by atoms with Gasteiger partial charge in [-0.25, -0.2) is 14.5 Å². The van der Waals surface area contributed by atoms with E-state index < -0.39 is 0 Å². The lowest BCUT2D eigenvalue weighted by Gasteiger charge is -2.25. The van der Waals surface area contributed by atoms with Crippen LogP contribution in [0.15, 0.2) is 36.7 Å². The predicted octanol–water partition coefficient (Wildman–Crippen LogP) is 4.22. The van der Waals surface area contributed by atoms with E-state index in [4.69, 9.17) is 14.7 Å². The molecule has 200 valence electrons. The summed E-state index contributed by atoms with van der Waals surface area (Å²) in [4.78, 5) is 25.2. The molecule has 9 nitrogen and oxygen atoms in total. The van der Waals surface area contributed by atoms with Crippen molar-refractivity contribution < 1.29 is 9.53 Å². The molecule has 1 fully saturated rings. The van der Waals surface area contributed by atoms with Gasteiger partial charge >= 0.3 is 0 Å². The molecule has 2 N–H and O–H groups in total. The molecule has 0 saturated carbocycles. The Balaban J connectivity index is 1.25. The summed E-state index contributed by atoms with van der Waals surface area (Å²) in [5.41, 5.74) is 9.99. The molecule has 0 atom stereocenters. The molecule has 0 radical (unpaired) electrons. The number of anilines is 2. The van der Waals surface area contributed by atoms with E-state index in [1.54, 1.807) is 0 Å². The average molecular weight is 524 g/mol. The third-order valence-electron chi connectivity index (χ3n) is 8.17. The van der Waals surface area contributed by atoms with Crippen molar-refractivity contribution >= 4 is 23.1 Å². The Morgan fingerprint density at radius 2 is 1.97 bits per heavy atom. The van der Waals surface area contributed by atoms with Crippen LogP contribution in [0.3, 0.4) is 0 Å². The van der Waals surface area contributed by atoms with Crippen molar-refractivity contribution in [3.8, 4) is 11.1 Å². The van der Waals surface area contributed by atoms with E-state index in [-0.39, 0.29) is 5.91 Å². The number of aromatic nitrogens is 4. The van der Waals surface area contributed by atoms with E-state index >= 15 is 0 Å². The average Bonchev–Trinajstić information content (AvgIpc) is 3.67. The fourth-order valence-corrected chi connectivity index (χ4v) is 6.28. The number of fused-ring (bicyclic) bond motifs is 3. The molecule has 1 saturated heterocycles. The van der Waals surface area contributed by atoms with Gasteiger partial charge in [0.25, 0.3) is 5.91 Å². The molecule has 4 aromatic rings. The summed E-state index contributed by atoms with van der Waals surface area (Å²) < 4.78 is 7.46. The molecule has 0 spiro atoms. The van der Waals surface area contributed by atoms with Crippen molar-refractivity contribution in [2.24, 2.45) is 0 Å². The third kappa shape index (κ3) is 4.35. The number of hydrogen-bond acceptors (Lipinski definition) is 7. The maximum absolute atomic E-state index is 13.1. The molecule has 0 bridgehead atoms. The van der Waals surface area contributed by atoms with Gasteiger partial charge in [0.2, 0.25) is 0 Å². The van der Waals surface area contributed by atoms with Gasteiger partial charge in [-0.05, 0) is 86.5 Å². The van der Waals surface area contributed by atoms with Crippen LogP contribution in [0, 0.1) is 0 Å². The Hall–Kier alpha value is -3.82. The Labute approximate surface area is 227 Å². The van der Waals surface area contributed by atoms with E-state index in [0.29, 0.717) is 18.0 Å². The van der Waals surface area contributed by atoms with Crippen LogP contribution in [0.1, 0.15) is 63.6 Å². The minimum atomic E-state index is -0.0768. The van der Waals surface area contributed by atoms with E-state index in [1.807, 2.05) is 22.8 Å². The second-order valence-electron chi connectivity index (χ2n) is 11.1. The van der Waals surface area contributed by atoms with Crippen molar-refractivity contribution in [2.45, 2.75) is 51.1 Å². The van der Waals surface area contributed by atoms with Crippen LogP contribution >= 0.6 is 0 Å². The lowest BCUT2D eigenvalue weighted by molar-refractivity contribution is 0.0849. The first kappa shape index (κ1) is 24.2. The Morgan fingerprint density at radius 1 is 1.10 bits per heavy atom. The highest BCUT2D eigenvalue weighted by Gasteiger charge is 2.28. The quantitative estimate of drug-likeness (QED) is 0.391. The minimum absolute atomic E-state index is 0.0768. The fraction of sp³-hybridized carbons (Fsp3) is 0.400. The number of carbonyl (C=O) groups excluding carboxylic acids is 1. The van der Waals surface area contributed by atoms with Gasteiger partial charge in [-0.1, -0.05) is 12.1 Å². The highest BCUT2D eigenvalue weighted by atomic mass is 16.5. The molecule has 1 aromatic carbocycles. The number of hydrogen-bond donors (Lipinski definition) is 2. The van der Waals surface area contributed by atoms with Gasteiger partial charge < -0.3 is 20.3 Å². The molecular formula is C30H33N7O2. The first-order valence-corrected chi connectivity index (χ1v) is 13.8. The minimum Gasteiger partial charge on any atom is -0.381 e. The summed E-state index contributed by atoms with van der Waals surface area (Å²) in [5, 5.41) is 11.1. The van der Waals surface area contributed by atoms with E-state index in [2.05, 4.69) is 53.1 Å². The van der Waals surface area contributed by atoms with Gasteiger partial charge in [0.05, 0.1) is 23.1 Å². The maximum Gasteiger partial charge on any atom is 0.254 e. The molecule has 39 heavy (non-hydrogen) atoms. The topological polar surface area (TPSA) is 96.7 Å². The van der Waals surface area contributed by atoms with Gasteiger partial charge in [-0.2, -0.15) is 5.10 Å². The molecule has 3 aromatic heterocycles. The standard InChI is InChI=1S/C30H33N7O2/c1-36(2)17-26-20(18-10-12-39-13-11-18)7-9-27(34-26)33-25-8-6-21(22-14-31-30(38)28(22)25)23-15-32-37-16-19-4-3-5-24(19)35-29(23)37/h6-9,15-16,18H,3-5,10-14,17H2,1-2H3,(H,31,38)(H,33,34). The van der Waals surface area contributed by atoms with Crippen molar-refractivity contribution in [3.63, 3.8) is 0 Å². The predicted molar refractivity (Wildman–Crippen MR) is 149 cm³/mol. The monoisotopic (exact) mass is 523 g/mol. The van der Waals surface area contributed by atoms with E-state index in [9.17, 15) is 4.79 Å². The molecule has 9 heteroatoms. The molecule has 1 aliphatic carbocycles. The lowest BCUT2D eigenvalue weighted by atomic mass is 9.90. The van der Waals surface area contributed by atoms with Gasteiger partial charge in [0.1, 0.15) is 5.82 Å². The molecule has 0 unspecified atom stereocenters. The molecule has 2 aliphatic heterocycles. The number of nitrogens with zero attached hydrogens (tertiary/aromatic N) is 5. The number of nitrogens with one attached hydrogen (secondary N) is 2. The van der Waals surface area contributed by atoms with Crippen LogP contribution in [0.5, 0.6) is 0 Å². The summed E-state index contributed by atoms with van der Waals surface area (Å²) in [6.07, 6.45) is 9.22. The summed E-state index contributed by atoms with van der Waals surface area (Å²) >= 11 is 0. The summed E-state index contributed by atoms with van der Waals surface area (Å²) in [6.45, 7) is 2.82. The number of benzene rings is 1. The first-order valence-electron chi connectivity index (χ1n) is 13.8. The molecule has 1 amide bonds. The van der Waals surface area contributed by atoms with Gasteiger partial charge in [-0.3, -0.25) is 4.79 Å². The van der Waals surface area contributed by atoms with Crippen molar-refractivity contribution in [2.75, 3.05) is 32.6 Å². The molecule has 3 aliphatic rings. The Bertz CT molecular complexity index is 1590. The van der Waals surface area contributed by atoms with Crippen LogP contribution in [-0.4, -0.2) is 57.7 Å². The van der Waals surface area contributed by atoms with Crippen LogP contribution in [0.25, 0.3) is 16.8 Å². The number of rotatable bonds is 6. The van der Waals surface area contributed by atoms with Crippen LogP contribution < -0.4 is 10.6 Å². The van der Waals surface area contributed by atoms with Gasteiger partial charge in [-0.15, -0.1) is 0 Å². The van der Waals surface area contributed by atoms with Gasteiger partial charge in [0, 0.05) is 43.8 Å². The lowest BCUT2D eigenvalue weighted by Crippen LogP contribution is -2.19. The SMILES string of the molecule is CN(C)Cc1nc(Nc2ccc(-c3cnn4cc5c(nc34)CCC5)c3c2C(=O)NC3)ccc1C1CCOCC1. The van der Waals surface area contributed by atoms with Crippen molar-refractivity contribution in [1.29, 1.82) is 0 Å². The molecule has 7 rings (SSSR count). The van der Waals surface area contributed by atoms with Crippen molar-refractivity contribution in [1.82, 2.24) is 29.8 Å². The number of pyridine rings is 1. The second kappa shape index (κ2) is 9.73. The summed E-state index contributed by atoms with van der Waals surface area (Å²) in [7, 11) is 4.13. The third-order valence-corrected chi connectivity index (χ3v) is 8.17. The van der Waals surface area contributed by atoms with Crippen LogP contribution in [-0.2, 0) is 30.7 Å². The first-order chi connectivity index (χ1) is 19.0. The largest absolute Gasteiger partial charge is 0.381 e. The van der Waals surface area contributed by atoms with Crippen molar-refractivity contribution in [3.05, 3.63) is 70.3 Å². The highest BCUT2D eigenvalue weighted by Crippen LogP contribution is 2.37. The molecule has 5 heterocycles. The Kier molecular flexibility index (Phi) is 6.05. The smallest absolute Gasteiger partial charge is 0.254 e. The molecular weight excluding hydrogens is 490 g/mol. The number of ether oxygens (including phenoxy) is 1. The van der Waals surface area contributed by atoms with E-state index in [1.165, 1.54) is 11.1 Å².